The third kappa shape index (κ3) is 2.32. The third-order valence-corrected chi connectivity index (χ3v) is 3.27. The smallest absolute Gasteiger partial charge is 0.410 e. The molecule has 0 aliphatic carbocycles. The number of ether oxygens (including phenoxy) is 2. The molecule has 3 atom stereocenters. The van der Waals surface area contributed by atoms with Crippen LogP contribution in [0.1, 0.15) is 5.56 Å². The number of benzene rings is 1. The molecule has 2 aliphatic heterocycles. The summed E-state index contributed by atoms with van der Waals surface area (Å²) in [6.45, 7) is 1.05. The lowest BCUT2D eigenvalue weighted by Crippen LogP contribution is -2.46. The molecule has 18 heavy (non-hydrogen) atoms. The minimum Gasteiger partial charge on any atom is -0.445 e. The van der Waals surface area contributed by atoms with E-state index in [1.54, 1.807) is 0 Å². The molecule has 3 rings (SSSR count). The van der Waals surface area contributed by atoms with Gasteiger partial charge in [-0.3, -0.25) is 0 Å². The number of aliphatic hydroxyl groups excluding tert-OH is 1. The number of carbonyl (C=O) groups is 1. The monoisotopic (exact) mass is 249 g/mol. The number of hydrogen-bond donors (Lipinski definition) is 1. The lowest BCUT2D eigenvalue weighted by atomic mass is 10.1. The molecule has 1 amide bonds. The van der Waals surface area contributed by atoms with Crippen LogP contribution in [0.15, 0.2) is 30.3 Å². The molecule has 5 heteroatoms. The summed E-state index contributed by atoms with van der Waals surface area (Å²) >= 11 is 0. The van der Waals surface area contributed by atoms with Gasteiger partial charge in [-0.15, -0.1) is 0 Å². The number of piperidine rings is 1. The molecule has 0 unspecified atom stereocenters. The van der Waals surface area contributed by atoms with Crippen molar-refractivity contribution in [3.05, 3.63) is 35.9 Å². The van der Waals surface area contributed by atoms with E-state index in [1.807, 2.05) is 30.3 Å². The number of nitrogens with zero attached hydrogens (tertiary/aromatic N) is 1. The van der Waals surface area contributed by atoms with E-state index in [9.17, 15) is 9.90 Å². The fraction of sp³-hybridized carbons (Fsp3) is 0.462. The van der Waals surface area contributed by atoms with Crippen LogP contribution in [0.5, 0.6) is 0 Å². The molecule has 0 bridgehead atoms. The Balaban J connectivity index is 1.52. The molecule has 1 aromatic carbocycles. The van der Waals surface area contributed by atoms with E-state index >= 15 is 0 Å². The Morgan fingerprint density at radius 1 is 1.39 bits per heavy atom. The molecule has 0 spiro atoms. The van der Waals surface area contributed by atoms with Gasteiger partial charge in [0.05, 0.1) is 13.1 Å². The molecule has 0 aromatic heterocycles. The minimum absolute atomic E-state index is 0.0157. The summed E-state index contributed by atoms with van der Waals surface area (Å²) in [6, 6.07) is 9.51. The van der Waals surface area contributed by atoms with Crippen molar-refractivity contribution in [2.24, 2.45) is 0 Å². The zero-order chi connectivity index (χ0) is 12.5. The molecular formula is C13H15NO4. The lowest BCUT2D eigenvalue weighted by Gasteiger charge is -2.26. The van der Waals surface area contributed by atoms with E-state index in [-0.39, 0.29) is 25.4 Å². The molecule has 2 heterocycles. The summed E-state index contributed by atoms with van der Waals surface area (Å²) in [5.41, 5.74) is 0.948. The molecule has 1 N–H and O–H groups in total. The number of carbonyl (C=O) groups excluding carboxylic acids is 1. The summed E-state index contributed by atoms with van der Waals surface area (Å²) in [4.78, 5) is 13.3. The second-order valence-electron chi connectivity index (χ2n) is 4.65. The van der Waals surface area contributed by atoms with E-state index in [0.717, 1.165) is 5.56 Å². The van der Waals surface area contributed by atoms with Crippen LogP contribution >= 0.6 is 0 Å². The quantitative estimate of drug-likeness (QED) is 0.786. The Hall–Kier alpha value is -1.59. The average Bonchev–Trinajstić information content (AvgIpc) is 3.17. The van der Waals surface area contributed by atoms with Gasteiger partial charge >= 0.3 is 6.09 Å². The molecule has 96 valence electrons. The van der Waals surface area contributed by atoms with Crippen LogP contribution in [-0.2, 0) is 16.1 Å². The van der Waals surface area contributed by atoms with Crippen molar-refractivity contribution in [1.29, 1.82) is 0 Å². The number of hydrogen-bond acceptors (Lipinski definition) is 4. The van der Waals surface area contributed by atoms with Gasteiger partial charge in [0.15, 0.2) is 0 Å². The normalized spacial score (nSPS) is 29.6. The maximum atomic E-state index is 11.8. The Kier molecular flexibility index (Phi) is 2.93. The molecule has 0 radical (unpaired) electrons. The van der Waals surface area contributed by atoms with E-state index in [1.165, 1.54) is 4.90 Å². The highest BCUT2D eigenvalue weighted by Crippen LogP contribution is 2.31. The van der Waals surface area contributed by atoms with Crippen molar-refractivity contribution in [1.82, 2.24) is 4.90 Å². The zero-order valence-electron chi connectivity index (χ0n) is 9.86. The van der Waals surface area contributed by atoms with E-state index < -0.39 is 12.2 Å². The highest BCUT2D eigenvalue weighted by atomic mass is 16.6. The SMILES string of the molecule is O=C(OCc1ccccc1)N1C[C@H](O)[C@H]2O[C@@H]2C1. The number of aliphatic hydroxyl groups is 1. The molecule has 2 aliphatic rings. The van der Waals surface area contributed by atoms with Gasteiger partial charge in [-0.25, -0.2) is 4.79 Å². The Morgan fingerprint density at radius 2 is 2.17 bits per heavy atom. The second-order valence-corrected chi connectivity index (χ2v) is 4.65. The summed E-state index contributed by atoms with van der Waals surface area (Å²) < 4.78 is 10.4. The first kappa shape index (κ1) is 11.5. The van der Waals surface area contributed by atoms with Crippen LogP contribution in [0.3, 0.4) is 0 Å². The van der Waals surface area contributed by atoms with Crippen molar-refractivity contribution in [2.45, 2.75) is 24.9 Å². The van der Waals surface area contributed by atoms with Crippen molar-refractivity contribution in [2.75, 3.05) is 13.1 Å². The number of likely N-dealkylation sites (tertiary alicyclic amines) is 1. The topological polar surface area (TPSA) is 62.3 Å². The van der Waals surface area contributed by atoms with Gasteiger partial charge in [-0.05, 0) is 5.56 Å². The van der Waals surface area contributed by atoms with Crippen LogP contribution in [0.2, 0.25) is 0 Å². The molecule has 2 saturated heterocycles. The molecule has 2 fully saturated rings. The van der Waals surface area contributed by atoms with Crippen molar-refractivity contribution in [3.63, 3.8) is 0 Å². The summed E-state index contributed by atoms with van der Waals surface area (Å²) in [5, 5.41) is 9.65. The number of rotatable bonds is 2. The van der Waals surface area contributed by atoms with Crippen molar-refractivity contribution >= 4 is 6.09 Å². The van der Waals surface area contributed by atoms with Gasteiger partial charge in [0.1, 0.15) is 24.9 Å². The largest absolute Gasteiger partial charge is 0.445 e. The number of amides is 1. The van der Waals surface area contributed by atoms with E-state index in [2.05, 4.69) is 0 Å². The maximum absolute atomic E-state index is 11.8. The number of β-amino-alcohol motifs (C(OH)–C–C–N with tert-alkyl or cyclic N) is 1. The lowest BCUT2D eigenvalue weighted by molar-refractivity contribution is 0.0553. The zero-order valence-corrected chi connectivity index (χ0v) is 9.86. The summed E-state index contributed by atoms with van der Waals surface area (Å²) in [6.07, 6.45) is -1.08. The first-order chi connectivity index (χ1) is 8.74. The first-order valence-corrected chi connectivity index (χ1v) is 6.03. The molecule has 5 nitrogen and oxygen atoms in total. The second kappa shape index (κ2) is 4.59. The van der Waals surface area contributed by atoms with Crippen molar-refractivity contribution < 1.29 is 19.4 Å². The molecule has 0 saturated carbocycles. The molecule has 1 aromatic rings. The highest BCUT2D eigenvalue weighted by molar-refractivity contribution is 5.68. The third-order valence-electron chi connectivity index (χ3n) is 3.27. The van der Waals surface area contributed by atoms with Crippen LogP contribution in [0.25, 0.3) is 0 Å². The predicted octanol–water partition coefficient (Wildman–Crippen LogP) is 0.767. The fourth-order valence-corrected chi connectivity index (χ4v) is 2.22. The number of fused-ring (bicyclic) bond motifs is 1. The van der Waals surface area contributed by atoms with E-state index in [0.29, 0.717) is 6.54 Å². The molecular weight excluding hydrogens is 234 g/mol. The Labute approximate surface area is 105 Å². The number of epoxide rings is 1. The van der Waals surface area contributed by atoms with Crippen molar-refractivity contribution in [3.8, 4) is 0 Å². The predicted molar refractivity (Wildman–Crippen MR) is 62.9 cm³/mol. The first-order valence-electron chi connectivity index (χ1n) is 6.03. The van der Waals surface area contributed by atoms with E-state index in [4.69, 9.17) is 9.47 Å². The maximum Gasteiger partial charge on any atom is 0.410 e. The standard InChI is InChI=1S/C13H15NO4/c15-10-6-14(7-11-12(10)18-11)13(16)17-8-9-4-2-1-3-5-9/h1-5,10-12,15H,6-8H2/t10-,11+,12+/m0/s1. The van der Waals surface area contributed by atoms with Gasteiger partial charge in [-0.1, -0.05) is 30.3 Å². The summed E-state index contributed by atoms with van der Waals surface area (Å²) in [5.74, 6) is 0. The van der Waals surface area contributed by atoms with Crippen LogP contribution < -0.4 is 0 Å². The van der Waals surface area contributed by atoms with Gasteiger partial charge in [0.25, 0.3) is 0 Å². The summed E-state index contributed by atoms with van der Waals surface area (Å²) in [7, 11) is 0. The van der Waals surface area contributed by atoms with Crippen LogP contribution in [-0.4, -0.2) is 47.5 Å². The van der Waals surface area contributed by atoms with Gasteiger partial charge in [0.2, 0.25) is 0 Å². The average molecular weight is 249 g/mol. The van der Waals surface area contributed by atoms with Gasteiger partial charge < -0.3 is 19.5 Å². The fourth-order valence-electron chi connectivity index (χ4n) is 2.22. The minimum atomic E-state index is -0.590. The van der Waals surface area contributed by atoms with Crippen LogP contribution in [0.4, 0.5) is 4.79 Å². The van der Waals surface area contributed by atoms with Gasteiger partial charge in [0, 0.05) is 0 Å². The Morgan fingerprint density at radius 3 is 2.89 bits per heavy atom. The Bertz CT molecular complexity index is 436. The highest BCUT2D eigenvalue weighted by Gasteiger charge is 2.50. The van der Waals surface area contributed by atoms with Gasteiger partial charge in [-0.2, -0.15) is 0 Å². The van der Waals surface area contributed by atoms with Crippen LogP contribution in [0, 0.1) is 0 Å².